The minimum Gasteiger partial charge on any atom is -0.507 e. The summed E-state index contributed by atoms with van der Waals surface area (Å²) in [4.78, 5) is 13.5. The normalized spacial score (nSPS) is 11.1. The molecule has 1 amide bonds. The third-order valence-electron chi connectivity index (χ3n) is 2.59. The maximum absolute atomic E-state index is 11.5. The zero-order chi connectivity index (χ0) is 13.4. The lowest BCUT2D eigenvalue weighted by molar-refractivity contribution is -0.122. The van der Waals surface area contributed by atoms with Crippen LogP contribution in [0.25, 0.3) is 0 Å². The van der Waals surface area contributed by atoms with Crippen LogP contribution >= 0.6 is 0 Å². The second kappa shape index (κ2) is 7.45. The molecule has 1 aromatic carbocycles. The molecule has 0 aliphatic heterocycles. The topological polar surface area (TPSA) is 64.9 Å². The molecule has 0 saturated heterocycles. The van der Waals surface area contributed by atoms with Gasteiger partial charge in [0.15, 0.2) is 0 Å². The first kappa shape index (κ1) is 14.2. The minimum atomic E-state index is -0.162. The molecular formula is C13H19N3O2. The number of carbonyl (C=O) groups excluding carboxylic acids is 1. The highest BCUT2D eigenvalue weighted by Crippen LogP contribution is 2.12. The molecule has 0 aliphatic carbocycles. The van der Waals surface area contributed by atoms with Gasteiger partial charge in [0.1, 0.15) is 5.75 Å². The number of hydrogen-bond donors (Lipinski definition) is 2. The van der Waals surface area contributed by atoms with Gasteiger partial charge in [0.25, 0.3) is 5.91 Å². The summed E-state index contributed by atoms with van der Waals surface area (Å²) in [5.41, 5.74) is 3.01. The van der Waals surface area contributed by atoms with Crippen LogP contribution in [-0.4, -0.2) is 41.8 Å². The molecule has 0 saturated carbocycles. The summed E-state index contributed by atoms with van der Waals surface area (Å²) in [6.07, 6.45) is 1.43. The highest BCUT2D eigenvalue weighted by molar-refractivity contribution is 5.85. The summed E-state index contributed by atoms with van der Waals surface area (Å²) >= 11 is 0. The van der Waals surface area contributed by atoms with Crippen molar-refractivity contribution in [2.75, 3.05) is 19.6 Å². The Morgan fingerprint density at radius 1 is 1.39 bits per heavy atom. The molecule has 0 atom stereocenters. The molecule has 18 heavy (non-hydrogen) atoms. The number of rotatable bonds is 6. The van der Waals surface area contributed by atoms with E-state index in [9.17, 15) is 9.90 Å². The second-order valence-electron chi connectivity index (χ2n) is 3.81. The van der Waals surface area contributed by atoms with Crippen LogP contribution in [0, 0.1) is 0 Å². The Morgan fingerprint density at radius 3 is 2.67 bits per heavy atom. The maximum atomic E-state index is 11.5. The van der Waals surface area contributed by atoms with Gasteiger partial charge in [-0.05, 0) is 25.2 Å². The standard InChI is InChI=1S/C13H19N3O2/c1-3-16(4-2)10-13(18)15-14-9-11-7-5-6-8-12(11)17/h5-9,17H,3-4,10H2,1-2H3,(H,15,18)/b14-9+. The number of nitrogens with one attached hydrogen (secondary N) is 1. The number of hydrazone groups is 1. The van der Waals surface area contributed by atoms with Gasteiger partial charge in [-0.1, -0.05) is 26.0 Å². The SMILES string of the molecule is CCN(CC)CC(=O)N/N=C/c1ccccc1O. The van der Waals surface area contributed by atoms with Gasteiger partial charge in [-0.3, -0.25) is 9.69 Å². The molecule has 0 unspecified atom stereocenters. The van der Waals surface area contributed by atoms with Crippen molar-refractivity contribution in [3.8, 4) is 5.75 Å². The Balaban J connectivity index is 2.45. The Labute approximate surface area is 107 Å². The summed E-state index contributed by atoms with van der Waals surface area (Å²) in [5.74, 6) is -0.0235. The van der Waals surface area contributed by atoms with Gasteiger partial charge in [-0.2, -0.15) is 5.10 Å². The Hall–Kier alpha value is -1.88. The fourth-order valence-corrected chi connectivity index (χ4v) is 1.46. The van der Waals surface area contributed by atoms with Crippen molar-refractivity contribution >= 4 is 12.1 Å². The molecule has 0 fully saturated rings. The molecule has 0 aromatic heterocycles. The summed E-state index contributed by atoms with van der Waals surface area (Å²) in [6.45, 7) is 5.98. The molecule has 0 bridgehead atoms. The Kier molecular flexibility index (Phi) is 5.87. The van der Waals surface area contributed by atoms with Crippen LogP contribution in [0.4, 0.5) is 0 Å². The minimum absolute atomic E-state index is 0.138. The van der Waals surface area contributed by atoms with E-state index in [1.54, 1.807) is 24.3 Å². The molecule has 0 aliphatic rings. The van der Waals surface area contributed by atoms with Crippen molar-refractivity contribution in [1.82, 2.24) is 10.3 Å². The monoisotopic (exact) mass is 249 g/mol. The first-order valence-corrected chi connectivity index (χ1v) is 5.99. The molecule has 0 spiro atoms. The number of likely N-dealkylation sites (N-methyl/N-ethyl adjacent to an activating group) is 1. The van der Waals surface area contributed by atoms with E-state index in [1.807, 2.05) is 18.7 Å². The van der Waals surface area contributed by atoms with E-state index >= 15 is 0 Å². The van der Waals surface area contributed by atoms with Crippen molar-refractivity contribution in [3.05, 3.63) is 29.8 Å². The van der Waals surface area contributed by atoms with Gasteiger partial charge in [-0.15, -0.1) is 0 Å². The lowest BCUT2D eigenvalue weighted by Crippen LogP contribution is -2.35. The first-order valence-electron chi connectivity index (χ1n) is 5.99. The predicted octanol–water partition coefficient (Wildman–Crippen LogP) is 1.18. The number of phenolic OH excluding ortho intramolecular Hbond substituents is 1. The second-order valence-corrected chi connectivity index (χ2v) is 3.81. The smallest absolute Gasteiger partial charge is 0.254 e. The molecular weight excluding hydrogens is 230 g/mol. The molecule has 5 heteroatoms. The van der Waals surface area contributed by atoms with Gasteiger partial charge in [-0.25, -0.2) is 5.43 Å². The number of benzene rings is 1. The average Bonchev–Trinajstić information content (AvgIpc) is 2.38. The molecule has 5 nitrogen and oxygen atoms in total. The van der Waals surface area contributed by atoms with Crippen LogP contribution in [0.5, 0.6) is 5.75 Å². The fraction of sp³-hybridized carbons (Fsp3) is 0.385. The van der Waals surface area contributed by atoms with Crippen LogP contribution in [0.3, 0.4) is 0 Å². The average molecular weight is 249 g/mol. The van der Waals surface area contributed by atoms with E-state index in [0.29, 0.717) is 12.1 Å². The van der Waals surface area contributed by atoms with Crippen molar-refractivity contribution in [2.45, 2.75) is 13.8 Å². The quantitative estimate of drug-likeness (QED) is 0.588. The number of aromatic hydroxyl groups is 1. The van der Waals surface area contributed by atoms with Gasteiger partial charge >= 0.3 is 0 Å². The van der Waals surface area contributed by atoms with E-state index < -0.39 is 0 Å². The van der Waals surface area contributed by atoms with E-state index in [-0.39, 0.29) is 11.7 Å². The van der Waals surface area contributed by atoms with Crippen LogP contribution in [-0.2, 0) is 4.79 Å². The van der Waals surface area contributed by atoms with Gasteiger partial charge < -0.3 is 5.11 Å². The Morgan fingerprint density at radius 2 is 2.06 bits per heavy atom. The fourth-order valence-electron chi connectivity index (χ4n) is 1.46. The zero-order valence-electron chi connectivity index (χ0n) is 10.8. The van der Waals surface area contributed by atoms with Gasteiger partial charge in [0.2, 0.25) is 0 Å². The van der Waals surface area contributed by atoms with Crippen molar-refractivity contribution in [3.63, 3.8) is 0 Å². The van der Waals surface area contributed by atoms with E-state index in [0.717, 1.165) is 13.1 Å². The molecule has 1 rings (SSSR count). The number of nitrogens with zero attached hydrogens (tertiary/aromatic N) is 2. The number of phenols is 1. The lowest BCUT2D eigenvalue weighted by Gasteiger charge is -2.15. The maximum Gasteiger partial charge on any atom is 0.254 e. The highest BCUT2D eigenvalue weighted by atomic mass is 16.3. The van der Waals surface area contributed by atoms with E-state index in [2.05, 4.69) is 10.5 Å². The van der Waals surface area contributed by atoms with Crippen LogP contribution in [0.15, 0.2) is 29.4 Å². The molecule has 0 heterocycles. The summed E-state index contributed by atoms with van der Waals surface area (Å²) in [5, 5.41) is 13.3. The molecule has 98 valence electrons. The van der Waals surface area contributed by atoms with Crippen LogP contribution in [0.2, 0.25) is 0 Å². The van der Waals surface area contributed by atoms with Crippen LogP contribution < -0.4 is 5.43 Å². The summed E-state index contributed by atoms with van der Waals surface area (Å²) < 4.78 is 0. The van der Waals surface area contributed by atoms with Gasteiger partial charge in [0.05, 0.1) is 12.8 Å². The Bertz CT molecular complexity index is 414. The predicted molar refractivity (Wildman–Crippen MR) is 71.6 cm³/mol. The van der Waals surface area contributed by atoms with E-state index in [4.69, 9.17) is 0 Å². The highest BCUT2D eigenvalue weighted by Gasteiger charge is 2.05. The number of amides is 1. The number of hydrogen-bond acceptors (Lipinski definition) is 4. The zero-order valence-corrected chi connectivity index (χ0v) is 10.8. The molecule has 1 aromatic rings. The summed E-state index contributed by atoms with van der Waals surface area (Å²) in [6, 6.07) is 6.80. The lowest BCUT2D eigenvalue weighted by atomic mass is 10.2. The first-order chi connectivity index (χ1) is 8.67. The van der Waals surface area contributed by atoms with Crippen molar-refractivity contribution < 1.29 is 9.90 Å². The number of para-hydroxylation sites is 1. The van der Waals surface area contributed by atoms with Crippen molar-refractivity contribution in [1.29, 1.82) is 0 Å². The van der Waals surface area contributed by atoms with Crippen LogP contribution in [0.1, 0.15) is 19.4 Å². The summed E-state index contributed by atoms with van der Waals surface area (Å²) in [7, 11) is 0. The number of carbonyl (C=O) groups is 1. The third-order valence-corrected chi connectivity index (χ3v) is 2.59. The molecule has 0 radical (unpaired) electrons. The third kappa shape index (κ3) is 4.55. The van der Waals surface area contributed by atoms with Gasteiger partial charge in [0, 0.05) is 5.56 Å². The van der Waals surface area contributed by atoms with E-state index in [1.165, 1.54) is 6.21 Å². The van der Waals surface area contributed by atoms with Crippen molar-refractivity contribution in [2.24, 2.45) is 5.10 Å². The molecule has 2 N–H and O–H groups in total. The largest absolute Gasteiger partial charge is 0.507 e.